The molecule has 0 fully saturated rings. The summed E-state index contributed by atoms with van der Waals surface area (Å²) in [5.74, 6) is 1.51. The van der Waals surface area contributed by atoms with Gasteiger partial charge in [0.1, 0.15) is 11.5 Å². The third kappa shape index (κ3) is 2.88. The van der Waals surface area contributed by atoms with Crippen molar-refractivity contribution in [2.24, 2.45) is 7.05 Å². The molecule has 0 saturated heterocycles. The molecule has 0 radical (unpaired) electrons. The molecule has 5 nitrogen and oxygen atoms in total. The number of benzene rings is 2. The van der Waals surface area contributed by atoms with Crippen LogP contribution in [0.4, 0.5) is 0 Å². The van der Waals surface area contributed by atoms with Crippen molar-refractivity contribution in [3.8, 4) is 33.8 Å². The number of methoxy groups -OCH3 is 2. The lowest BCUT2D eigenvalue weighted by Gasteiger charge is -2.11. The molecule has 2 aromatic carbocycles. The van der Waals surface area contributed by atoms with Crippen LogP contribution in [-0.4, -0.2) is 24.0 Å². The molecule has 24 heavy (non-hydrogen) atoms. The highest BCUT2D eigenvalue weighted by Crippen LogP contribution is 2.30. The van der Waals surface area contributed by atoms with Gasteiger partial charge in [-0.15, -0.1) is 0 Å². The van der Waals surface area contributed by atoms with Crippen molar-refractivity contribution in [2.75, 3.05) is 14.2 Å². The lowest BCUT2D eigenvalue weighted by molar-refractivity contribution is 0.414. The van der Waals surface area contributed by atoms with Crippen molar-refractivity contribution in [1.82, 2.24) is 9.78 Å². The average Bonchev–Trinajstić information content (AvgIpc) is 2.64. The molecule has 0 aliphatic heterocycles. The lowest BCUT2D eigenvalue weighted by atomic mass is 9.97. The summed E-state index contributed by atoms with van der Waals surface area (Å²) in [7, 11) is 4.88. The second kappa shape index (κ2) is 6.58. The van der Waals surface area contributed by atoms with E-state index in [0.29, 0.717) is 5.56 Å². The summed E-state index contributed by atoms with van der Waals surface area (Å²) >= 11 is 0. The highest BCUT2D eigenvalue weighted by atomic mass is 16.5. The largest absolute Gasteiger partial charge is 0.497 e. The molecule has 3 aromatic rings. The van der Waals surface area contributed by atoms with Gasteiger partial charge in [0.2, 0.25) is 0 Å². The maximum Gasteiger partial charge on any atom is 0.274 e. The fourth-order valence-electron chi connectivity index (χ4n) is 2.56. The van der Waals surface area contributed by atoms with E-state index in [9.17, 15) is 4.79 Å². The fourth-order valence-corrected chi connectivity index (χ4v) is 2.56. The molecular formula is C19H18N2O3. The Labute approximate surface area is 140 Å². The quantitative estimate of drug-likeness (QED) is 0.740. The Kier molecular flexibility index (Phi) is 4.33. The van der Waals surface area contributed by atoms with Gasteiger partial charge in [-0.1, -0.05) is 24.3 Å². The Hall–Kier alpha value is -3.08. The summed E-state index contributed by atoms with van der Waals surface area (Å²) in [5.41, 5.74) is 2.98. The second-order valence-corrected chi connectivity index (χ2v) is 5.32. The molecule has 0 unspecified atom stereocenters. The highest BCUT2D eigenvalue weighted by Gasteiger charge is 2.14. The fraction of sp³-hybridized carbons (Fsp3) is 0.158. The zero-order valence-corrected chi connectivity index (χ0v) is 13.8. The minimum atomic E-state index is -0.145. The van der Waals surface area contributed by atoms with Gasteiger partial charge >= 0.3 is 0 Å². The Morgan fingerprint density at radius 3 is 1.83 bits per heavy atom. The van der Waals surface area contributed by atoms with E-state index in [0.717, 1.165) is 28.2 Å². The summed E-state index contributed by atoms with van der Waals surface area (Å²) in [6.45, 7) is 0. The van der Waals surface area contributed by atoms with E-state index in [1.54, 1.807) is 27.5 Å². The van der Waals surface area contributed by atoms with Gasteiger partial charge in [0.25, 0.3) is 5.56 Å². The van der Waals surface area contributed by atoms with Crippen LogP contribution in [0.2, 0.25) is 0 Å². The summed E-state index contributed by atoms with van der Waals surface area (Å²) in [4.78, 5) is 12.7. The van der Waals surface area contributed by atoms with Crippen molar-refractivity contribution >= 4 is 0 Å². The number of rotatable bonds is 4. The third-order valence-corrected chi connectivity index (χ3v) is 3.92. The Morgan fingerprint density at radius 1 is 0.833 bits per heavy atom. The average molecular weight is 322 g/mol. The van der Waals surface area contributed by atoms with Gasteiger partial charge < -0.3 is 9.47 Å². The van der Waals surface area contributed by atoms with Crippen molar-refractivity contribution in [3.05, 3.63) is 65.1 Å². The standard InChI is InChI=1S/C19H18N2O3/c1-21-19(22)18(14-6-10-16(24-3)11-7-14)17(12-20-21)13-4-8-15(23-2)9-5-13/h4-12H,1-3H3. The molecule has 5 heteroatoms. The van der Waals surface area contributed by atoms with Crippen LogP contribution in [0.25, 0.3) is 22.3 Å². The summed E-state index contributed by atoms with van der Waals surface area (Å²) in [6.07, 6.45) is 1.71. The van der Waals surface area contributed by atoms with Crippen molar-refractivity contribution in [1.29, 1.82) is 0 Å². The van der Waals surface area contributed by atoms with Gasteiger partial charge in [-0.2, -0.15) is 5.10 Å². The Morgan fingerprint density at radius 2 is 1.33 bits per heavy atom. The number of aromatic nitrogens is 2. The van der Waals surface area contributed by atoms with E-state index in [1.165, 1.54) is 4.68 Å². The highest BCUT2D eigenvalue weighted by molar-refractivity contribution is 5.82. The molecular weight excluding hydrogens is 304 g/mol. The van der Waals surface area contributed by atoms with Gasteiger partial charge in [0.15, 0.2) is 0 Å². The molecule has 0 N–H and O–H groups in total. The van der Waals surface area contributed by atoms with Crippen LogP contribution in [0.5, 0.6) is 11.5 Å². The first-order valence-corrected chi connectivity index (χ1v) is 7.49. The number of aryl methyl sites for hydroxylation is 1. The Balaban J connectivity index is 2.19. The first kappa shape index (κ1) is 15.8. The normalized spacial score (nSPS) is 10.5. The molecule has 3 rings (SSSR count). The van der Waals surface area contributed by atoms with Gasteiger partial charge in [-0.05, 0) is 35.4 Å². The number of nitrogens with zero attached hydrogens (tertiary/aromatic N) is 2. The van der Waals surface area contributed by atoms with E-state index < -0.39 is 0 Å². The van der Waals surface area contributed by atoms with Crippen LogP contribution in [0.1, 0.15) is 0 Å². The van der Waals surface area contributed by atoms with Gasteiger partial charge in [-0.25, -0.2) is 4.68 Å². The molecule has 0 aliphatic rings. The number of hydrogen-bond acceptors (Lipinski definition) is 4. The summed E-state index contributed by atoms with van der Waals surface area (Å²) in [6, 6.07) is 15.0. The molecule has 122 valence electrons. The molecule has 0 saturated carbocycles. The van der Waals surface area contributed by atoms with E-state index in [-0.39, 0.29) is 5.56 Å². The lowest BCUT2D eigenvalue weighted by Crippen LogP contribution is -2.21. The van der Waals surface area contributed by atoms with Crippen molar-refractivity contribution < 1.29 is 9.47 Å². The molecule has 0 aliphatic carbocycles. The van der Waals surface area contributed by atoms with Crippen LogP contribution in [0, 0.1) is 0 Å². The van der Waals surface area contributed by atoms with Gasteiger partial charge in [0, 0.05) is 12.6 Å². The zero-order chi connectivity index (χ0) is 17.1. The summed E-state index contributed by atoms with van der Waals surface area (Å²) in [5, 5.41) is 4.17. The summed E-state index contributed by atoms with van der Waals surface area (Å²) < 4.78 is 11.7. The van der Waals surface area contributed by atoms with Crippen LogP contribution in [0.15, 0.2) is 59.5 Å². The molecule has 0 atom stereocenters. The van der Waals surface area contributed by atoms with E-state index in [4.69, 9.17) is 9.47 Å². The maximum absolute atomic E-state index is 12.7. The van der Waals surface area contributed by atoms with Crippen LogP contribution < -0.4 is 15.0 Å². The van der Waals surface area contributed by atoms with E-state index in [1.807, 2.05) is 48.5 Å². The zero-order valence-electron chi connectivity index (χ0n) is 13.8. The second-order valence-electron chi connectivity index (χ2n) is 5.32. The van der Waals surface area contributed by atoms with Crippen LogP contribution >= 0.6 is 0 Å². The third-order valence-electron chi connectivity index (χ3n) is 3.92. The molecule has 0 amide bonds. The number of ether oxygens (including phenoxy) is 2. The SMILES string of the molecule is COc1ccc(-c2cnn(C)c(=O)c2-c2ccc(OC)cc2)cc1. The minimum absolute atomic E-state index is 0.145. The number of hydrogen-bond donors (Lipinski definition) is 0. The van der Waals surface area contributed by atoms with Gasteiger partial charge in [-0.3, -0.25) is 4.79 Å². The van der Waals surface area contributed by atoms with E-state index >= 15 is 0 Å². The smallest absolute Gasteiger partial charge is 0.274 e. The minimum Gasteiger partial charge on any atom is -0.497 e. The van der Waals surface area contributed by atoms with Crippen LogP contribution in [0.3, 0.4) is 0 Å². The predicted octanol–water partition coefficient (Wildman–Crippen LogP) is 3.13. The van der Waals surface area contributed by atoms with E-state index in [2.05, 4.69) is 5.10 Å². The molecule has 1 aromatic heterocycles. The topological polar surface area (TPSA) is 53.4 Å². The first-order valence-electron chi connectivity index (χ1n) is 7.49. The molecule has 1 heterocycles. The van der Waals surface area contributed by atoms with Crippen LogP contribution in [-0.2, 0) is 7.05 Å². The van der Waals surface area contributed by atoms with Crippen molar-refractivity contribution in [3.63, 3.8) is 0 Å². The predicted molar refractivity (Wildman–Crippen MR) is 93.5 cm³/mol. The van der Waals surface area contributed by atoms with Crippen molar-refractivity contribution in [2.45, 2.75) is 0 Å². The van der Waals surface area contributed by atoms with Gasteiger partial charge in [0.05, 0.1) is 26.0 Å². The monoisotopic (exact) mass is 322 g/mol. The molecule has 0 bridgehead atoms. The first-order chi connectivity index (χ1) is 11.6. The maximum atomic E-state index is 12.7. The Bertz CT molecular complexity index is 897. The molecule has 0 spiro atoms.